The van der Waals surface area contributed by atoms with Crippen LogP contribution in [0.5, 0.6) is 0 Å². The van der Waals surface area contributed by atoms with E-state index in [9.17, 15) is 0 Å². The number of aryl methyl sites for hydroxylation is 2. The minimum atomic E-state index is 0.699. The average molecular weight is 311 g/mol. The summed E-state index contributed by atoms with van der Waals surface area (Å²) < 4.78 is 0. The monoisotopic (exact) mass is 311 g/mol. The SMILES string of the molecule is CN(Cc1cnccn1)c1ncnc2sc3c(c12)CCCC3. The van der Waals surface area contributed by atoms with Gasteiger partial charge in [-0.05, 0) is 31.2 Å². The quantitative estimate of drug-likeness (QED) is 0.744. The molecule has 3 aromatic heterocycles. The molecule has 4 rings (SSSR count). The number of anilines is 1. The number of fused-ring (bicyclic) bond motifs is 3. The number of nitrogens with zero attached hydrogens (tertiary/aromatic N) is 5. The van der Waals surface area contributed by atoms with E-state index >= 15 is 0 Å². The van der Waals surface area contributed by atoms with Crippen molar-refractivity contribution in [2.24, 2.45) is 0 Å². The van der Waals surface area contributed by atoms with E-state index in [1.165, 1.54) is 35.1 Å². The zero-order valence-electron chi connectivity index (χ0n) is 12.5. The molecule has 0 bridgehead atoms. The van der Waals surface area contributed by atoms with E-state index in [0.717, 1.165) is 22.8 Å². The molecule has 0 amide bonds. The number of rotatable bonds is 3. The largest absolute Gasteiger partial charge is 0.353 e. The Bertz CT molecular complexity index is 799. The first-order valence-corrected chi connectivity index (χ1v) is 8.36. The van der Waals surface area contributed by atoms with E-state index in [1.54, 1.807) is 24.9 Å². The molecule has 112 valence electrons. The molecule has 6 heteroatoms. The summed E-state index contributed by atoms with van der Waals surface area (Å²) in [5, 5.41) is 1.24. The van der Waals surface area contributed by atoms with Crippen LogP contribution >= 0.6 is 11.3 Å². The van der Waals surface area contributed by atoms with E-state index in [0.29, 0.717) is 6.54 Å². The standard InChI is InChI=1S/C16H17N5S/c1-21(9-11-8-17-6-7-18-11)15-14-12-4-2-3-5-13(12)22-16(14)20-10-19-15/h6-8,10H,2-5,9H2,1H3. The van der Waals surface area contributed by atoms with Gasteiger partial charge < -0.3 is 4.90 Å². The Labute approximate surface area is 133 Å². The lowest BCUT2D eigenvalue weighted by Crippen LogP contribution is -2.19. The van der Waals surface area contributed by atoms with Gasteiger partial charge in [0.05, 0.1) is 23.8 Å². The average Bonchev–Trinajstić information content (AvgIpc) is 2.94. The van der Waals surface area contributed by atoms with E-state index in [-0.39, 0.29) is 0 Å². The van der Waals surface area contributed by atoms with Gasteiger partial charge in [-0.3, -0.25) is 9.97 Å². The minimum Gasteiger partial charge on any atom is -0.353 e. The van der Waals surface area contributed by atoms with Crippen LogP contribution in [0.4, 0.5) is 5.82 Å². The maximum absolute atomic E-state index is 4.56. The van der Waals surface area contributed by atoms with Gasteiger partial charge >= 0.3 is 0 Å². The van der Waals surface area contributed by atoms with E-state index in [2.05, 4.69) is 31.9 Å². The zero-order valence-corrected chi connectivity index (χ0v) is 13.3. The number of hydrogen-bond donors (Lipinski definition) is 0. The highest BCUT2D eigenvalue weighted by molar-refractivity contribution is 7.19. The number of thiophene rings is 1. The summed E-state index contributed by atoms with van der Waals surface area (Å²) in [6.07, 6.45) is 11.8. The molecular weight excluding hydrogens is 294 g/mol. The Hall–Kier alpha value is -2.08. The Morgan fingerprint density at radius 1 is 1.14 bits per heavy atom. The molecule has 1 aliphatic carbocycles. The van der Waals surface area contributed by atoms with Crippen LogP contribution in [-0.4, -0.2) is 27.0 Å². The van der Waals surface area contributed by atoms with Crippen molar-refractivity contribution < 1.29 is 0 Å². The van der Waals surface area contributed by atoms with Crippen LogP contribution in [0.15, 0.2) is 24.9 Å². The highest BCUT2D eigenvalue weighted by Gasteiger charge is 2.21. The zero-order chi connectivity index (χ0) is 14.9. The number of aromatic nitrogens is 4. The minimum absolute atomic E-state index is 0.699. The second-order valence-electron chi connectivity index (χ2n) is 5.64. The van der Waals surface area contributed by atoms with Crippen molar-refractivity contribution in [3.05, 3.63) is 41.1 Å². The van der Waals surface area contributed by atoms with E-state index in [1.807, 2.05) is 11.3 Å². The fourth-order valence-electron chi connectivity index (χ4n) is 3.09. The molecule has 5 nitrogen and oxygen atoms in total. The first kappa shape index (κ1) is 13.6. The molecular formula is C16H17N5S. The first-order valence-electron chi connectivity index (χ1n) is 7.54. The summed E-state index contributed by atoms with van der Waals surface area (Å²) >= 11 is 1.83. The molecule has 1 aliphatic rings. The molecule has 0 spiro atoms. The highest BCUT2D eigenvalue weighted by Crippen LogP contribution is 2.39. The molecule has 0 saturated carbocycles. The van der Waals surface area contributed by atoms with Crippen LogP contribution in [0.2, 0.25) is 0 Å². The van der Waals surface area contributed by atoms with Gasteiger partial charge in [0.25, 0.3) is 0 Å². The summed E-state index contributed by atoms with van der Waals surface area (Å²) in [6.45, 7) is 0.699. The Balaban J connectivity index is 1.76. The second-order valence-corrected chi connectivity index (χ2v) is 6.72. The third kappa shape index (κ3) is 2.33. The molecule has 3 heterocycles. The molecule has 3 aromatic rings. The van der Waals surface area contributed by atoms with Crippen LogP contribution in [-0.2, 0) is 19.4 Å². The van der Waals surface area contributed by atoms with Gasteiger partial charge in [0, 0.05) is 24.3 Å². The summed E-state index contributed by atoms with van der Waals surface area (Å²) in [5.74, 6) is 1.01. The first-order chi connectivity index (χ1) is 10.8. The number of hydrogen-bond acceptors (Lipinski definition) is 6. The van der Waals surface area contributed by atoms with Gasteiger partial charge in [0.1, 0.15) is 17.0 Å². The summed E-state index contributed by atoms with van der Waals surface area (Å²) in [6, 6.07) is 0. The lowest BCUT2D eigenvalue weighted by molar-refractivity contribution is 0.700. The topological polar surface area (TPSA) is 54.8 Å². The molecule has 0 saturated heterocycles. The van der Waals surface area contributed by atoms with Gasteiger partial charge in [0.2, 0.25) is 0 Å². The lowest BCUT2D eigenvalue weighted by Gasteiger charge is -2.19. The van der Waals surface area contributed by atoms with Crippen molar-refractivity contribution in [3.63, 3.8) is 0 Å². The fraction of sp³-hybridized carbons (Fsp3) is 0.375. The summed E-state index contributed by atoms with van der Waals surface area (Å²) in [7, 11) is 2.06. The maximum atomic E-state index is 4.56. The second kappa shape index (κ2) is 5.61. The predicted molar refractivity (Wildman–Crippen MR) is 88.2 cm³/mol. The van der Waals surface area contributed by atoms with E-state index < -0.39 is 0 Å². The van der Waals surface area contributed by atoms with Gasteiger partial charge in [0.15, 0.2) is 0 Å². The van der Waals surface area contributed by atoms with Crippen LogP contribution < -0.4 is 4.90 Å². The Kier molecular flexibility index (Phi) is 3.46. The van der Waals surface area contributed by atoms with Crippen molar-refractivity contribution in [2.45, 2.75) is 32.2 Å². The van der Waals surface area contributed by atoms with Crippen molar-refractivity contribution in [1.82, 2.24) is 19.9 Å². The van der Waals surface area contributed by atoms with Crippen molar-refractivity contribution in [3.8, 4) is 0 Å². The molecule has 0 fully saturated rings. The Morgan fingerprint density at radius 3 is 2.91 bits per heavy atom. The van der Waals surface area contributed by atoms with Crippen LogP contribution in [0, 0.1) is 0 Å². The third-order valence-corrected chi connectivity index (χ3v) is 5.31. The Morgan fingerprint density at radius 2 is 2.05 bits per heavy atom. The maximum Gasteiger partial charge on any atom is 0.141 e. The van der Waals surface area contributed by atoms with Gasteiger partial charge in [-0.1, -0.05) is 0 Å². The molecule has 0 atom stereocenters. The smallest absolute Gasteiger partial charge is 0.141 e. The molecule has 0 radical (unpaired) electrons. The molecule has 0 aliphatic heterocycles. The summed E-state index contributed by atoms with van der Waals surface area (Å²) in [4.78, 5) is 22.3. The molecule has 0 unspecified atom stereocenters. The third-order valence-electron chi connectivity index (χ3n) is 4.11. The predicted octanol–water partition coefficient (Wildman–Crippen LogP) is 3.00. The van der Waals surface area contributed by atoms with E-state index in [4.69, 9.17) is 0 Å². The normalized spacial score (nSPS) is 14.0. The molecule has 22 heavy (non-hydrogen) atoms. The van der Waals surface area contributed by atoms with Crippen molar-refractivity contribution >= 4 is 27.4 Å². The van der Waals surface area contributed by atoms with Crippen LogP contribution in [0.3, 0.4) is 0 Å². The van der Waals surface area contributed by atoms with Crippen LogP contribution in [0.25, 0.3) is 10.2 Å². The van der Waals surface area contributed by atoms with Gasteiger partial charge in [-0.15, -0.1) is 11.3 Å². The summed E-state index contributed by atoms with van der Waals surface area (Å²) in [5.41, 5.74) is 2.41. The highest BCUT2D eigenvalue weighted by atomic mass is 32.1. The van der Waals surface area contributed by atoms with Gasteiger partial charge in [-0.25, -0.2) is 9.97 Å². The fourth-order valence-corrected chi connectivity index (χ4v) is 4.32. The molecule has 0 N–H and O–H groups in total. The van der Waals surface area contributed by atoms with Gasteiger partial charge in [-0.2, -0.15) is 0 Å². The van der Waals surface area contributed by atoms with Crippen LogP contribution in [0.1, 0.15) is 29.0 Å². The lowest BCUT2D eigenvalue weighted by atomic mass is 9.97. The molecule has 0 aromatic carbocycles. The van der Waals surface area contributed by atoms with Crippen molar-refractivity contribution in [1.29, 1.82) is 0 Å². The van der Waals surface area contributed by atoms with Crippen molar-refractivity contribution in [2.75, 3.05) is 11.9 Å².